The van der Waals surface area contributed by atoms with Gasteiger partial charge in [-0.15, -0.1) is 0 Å². The largest absolute Gasteiger partial charge is 0.337 e. The molecule has 7 nitrogen and oxygen atoms in total. The van der Waals surface area contributed by atoms with Gasteiger partial charge in [0.2, 0.25) is 5.89 Å². The van der Waals surface area contributed by atoms with E-state index in [-0.39, 0.29) is 17.5 Å². The molecule has 1 saturated heterocycles. The molecular weight excluding hydrogens is 308 g/mol. The van der Waals surface area contributed by atoms with Gasteiger partial charge in [0, 0.05) is 19.4 Å². The molecule has 0 N–H and O–H groups in total. The Bertz CT molecular complexity index is 752. The second-order valence-electron chi connectivity index (χ2n) is 6.16. The standard InChI is InChI=1S/C14H15F2N5O2/c1-20-7-17-5-10(20)13(22)21-6-14(15,16)4-9(21)12-18-11(19-23-12)8-2-3-8/h5,7-9H,2-4,6H2,1H3/t9-/m0/s1. The van der Waals surface area contributed by atoms with Gasteiger partial charge in [-0.05, 0) is 12.8 Å². The van der Waals surface area contributed by atoms with Gasteiger partial charge in [0.15, 0.2) is 5.82 Å². The molecule has 0 bridgehead atoms. The van der Waals surface area contributed by atoms with Crippen LogP contribution in [0.25, 0.3) is 0 Å². The molecule has 1 atom stereocenters. The van der Waals surface area contributed by atoms with E-state index in [9.17, 15) is 13.6 Å². The normalized spacial score (nSPS) is 23.4. The zero-order chi connectivity index (χ0) is 16.2. The van der Waals surface area contributed by atoms with E-state index in [1.165, 1.54) is 17.1 Å². The summed E-state index contributed by atoms with van der Waals surface area (Å²) in [6.45, 7) is -0.664. The molecule has 3 heterocycles. The summed E-state index contributed by atoms with van der Waals surface area (Å²) in [4.78, 5) is 21.8. The molecule has 0 unspecified atom stereocenters. The van der Waals surface area contributed by atoms with Gasteiger partial charge in [0.25, 0.3) is 11.8 Å². The van der Waals surface area contributed by atoms with Gasteiger partial charge in [0.1, 0.15) is 11.7 Å². The molecule has 0 radical (unpaired) electrons. The number of imidazole rings is 1. The number of amides is 1. The highest BCUT2D eigenvalue weighted by atomic mass is 19.3. The van der Waals surface area contributed by atoms with Gasteiger partial charge in [-0.25, -0.2) is 13.8 Å². The first-order chi connectivity index (χ1) is 10.9. The van der Waals surface area contributed by atoms with Gasteiger partial charge < -0.3 is 14.0 Å². The zero-order valence-electron chi connectivity index (χ0n) is 12.4. The third kappa shape index (κ3) is 2.49. The fourth-order valence-corrected chi connectivity index (χ4v) is 2.85. The lowest BCUT2D eigenvalue weighted by Crippen LogP contribution is -2.34. The van der Waals surface area contributed by atoms with Crippen molar-refractivity contribution in [1.82, 2.24) is 24.6 Å². The first kappa shape index (κ1) is 14.3. The molecule has 0 spiro atoms. The highest BCUT2D eigenvalue weighted by Crippen LogP contribution is 2.43. The Balaban J connectivity index is 1.65. The number of carbonyl (C=O) groups excluding carboxylic acids is 1. The minimum atomic E-state index is -2.98. The monoisotopic (exact) mass is 323 g/mol. The first-order valence-corrected chi connectivity index (χ1v) is 7.43. The average Bonchev–Trinajstić information content (AvgIpc) is 2.94. The lowest BCUT2D eigenvalue weighted by Gasteiger charge is -2.21. The van der Waals surface area contributed by atoms with E-state index >= 15 is 0 Å². The Hall–Kier alpha value is -2.32. The van der Waals surface area contributed by atoms with Crippen LogP contribution in [0.4, 0.5) is 8.78 Å². The SMILES string of the molecule is Cn1cncc1C(=O)N1CC(F)(F)C[C@H]1c1nc(C2CC2)no1. The van der Waals surface area contributed by atoms with Gasteiger partial charge in [-0.2, -0.15) is 4.98 Å². The summed E-state index contributed by atoms with van der Waals surface area (Å²) in [5, 5.41) is 3.86. The number of alkyl halides is 2. The highest BCUT2D eigenvalue weighted by Gasteiger charge is 2.50. The second-order valence-corrected chi connectivity index (χ2v) is 6.16. The Morgan fingerprint density at radius 3 is 2.87 bits per heavy atom. The zero-order valence-corrected chi connectivity index (χ0v) is 12.4. The maximum Gasteiger partial charge on any atom is 0.273 e. The number of halogens is 2. The number of hydrogen-bond acceptors (Lipinski definition) is 5. The summed E-state index contributed by atoms with van der Waals surface area (Å²) in [5.41, 5.74) is 0.245. The van der Waals surface area contributed by atoms with Gasteiger partial charge >= 0.3 is 0 Å². The minimum absolute atomic E-state index is 0.0830. The molecule has 2 aromatic heterocycles. The van der Waals surface area contributed by atoms with Gasteiger partial charge in [-0.1, -0.05) is 5.16 Å². The van der Waals surface area contributed by atoms with E-state index in [2.05, 4.69) is 15.1 Å². The fraction of sp³-hybridized carbons (Fsp3) is 0.571. The molecule has 122 valence electrons. The van der Waals surface area contributed by atoms with Crippen LogP contribution < -0.4 is 0 Å². The number of likely N-dealkylation sites (tertiary alicyclic amines) is 1. The summed E-state index contributed by atoms with van der Waals surface area (Å²) < 4.78 is 34.5. The van der Waals surface area contributed by atoms with E-state index in [4.69, 9.17) is 4.52 Å². The lowest BCUT2D eigenvalue weighted by molar-refractivity contribution is 0.0115. The average molecular weight is 323 g/mol. The van der Waals surface area contributed by atoms with Crippen LogP contribution in [-0.4, -0.2) is 43.0 Å². The Morgan fingerprint density at radius 2 is 2.22 bits per heavy atom. The van der Waals surface area contributed by atoms with Crippen molar-refractivity contribution in [2.75, 3.05) is 6.54 Å². The molecular formula is C14H15F2N5O2. The molecule has 23 heavy (non-hydrogen) atoms. The van der Waals surface area contributed by atoms with E-state index in [0.29, 0.717) is 5.82 Å². The maximum absolute atomic E-state index is 13.9. The molecule has 1 saturated carbocycles. The first-order valence-electron chi connectivity index (χ1n) is 7.43. The van der Waals surface area contributed by atoms with Crippen molar-refractivity contribution in [2.45, 2.75) is 37.1 Å². The van der Waals surface area contributed by atoms with E-state index in [1.807, 2.05) is 0 Å². The number of aryl methyl sites for hydroxylation is 1. The van der Waals surface area contributed by atoms with Crippen LogP contribution in [0.3, 0.4) is 0 Å². The molecule has 1 aliphatic carbocycles. The van der Waals surface area contributed by atoms with Crippen LogP contribution >= 0.6 is 0 Å². The van der Waals surface area contributed by atoms with Crippen LogP contribution in [0.2, 0.25) is 0 Å². The molecule has 1 aliphatic heterocycles. The summed E-state index contributed by atoms with van der Waals surface area (Å²) in [6.07, 6.45) is 4.27. The quantitative estimate of drug-likeness (QED) is 0.862. The van der Waals surface area contributed by atoms with Crippen LogP contribution in [0.1, 0.15) is 53.4 Å². The fourth-order valence-electron chi connectivity index (χ4n) is 2.85. The van der Waals surface area contributed by atoms with Gasteiger partial charge in [-0.3, -0.25) is 4.79 Å². The molecule has 0 aromatic carbocycles. The Kier molecular flexibility index (Phi) is 3.00. The van der Waals surface area contributed by atoms with Crippen LogP contribution in [0.15, 0.2) is 17.0 Å². The van der Waals surface area contributed by atoms with Crippen molar-refractivity contribution in [3.63, 3.8) is 0 Å². The van der Waals surface area contributed by atoms with Crippen molar-refractivity contribution < 1.29 is 18.1 Å². The Morgan fingerprint density at radius 1 is 1.43 bits per heavy atom. The maximum atomic E-state index is 13.9. The highest BCUT2D eigenvalue weighted by molar-refractivity contribution is 5.93. The summed E-state index contributed by atoms with van der Waals surface area (Å²) in [6, 6.07) is -0.910. The minimum Gasteiger partial charge on any atom is -0.337 e. The molecule has 2 fully saturated rings. The Labute approximate surface area is 130 Å². The number of carbonyl (C=O) groups is 1. The third-order valence-corrected chi connectivity index (χ3v) is 4.25. The van der Waals surface area contributed by atoms with E-state index < -0.39 is 30.8 Å². The summed E-state index contributed by atoms with van der Waals surface area (Å²) in [7, 11) is 1.64. The molecule has 1 amide bonds. The predicted molar refractivity (Wildman–Crippen MR) is 72.8 cm³/mol. The molecule has 2 aliphatic rings. The van der Waals surface area contributed by atoms with Gasteiger partial charge in [0.05, 0.1) is 19.1 Å². The smallest absolute Gasteiger partial charge is 0.273 e. The molecule has 2 aromatic rings. The van der Waals surface area contributed by atoms with Crippen molar-refractivity contribution >= 4 is 5.91 Å². The summed E-state index contributed by atoms with van der Waals surface area (Å²) in [5.74, 6) is -2.61. The van der Waals surface area contributed by atoms with Crippen molar-refractivity contribution in [2.24, 2.45) is 7.05 Å². The lowest BCUT2D eigenvalue weighted by atomic mass is 10.2. The predicted octanol–water partition coefficient (Wildman–Crippen LogP) is 1.90. The van der Waals surface area contributed by atoms with E-state index in [1.54, 1.807) is 7.05 Å². The number of hydrogen-bond donors (Lipinski definition) is 0. The third-order valence-electron chi connectivity index (χ3n) is 4.25. The number of rotatable bonds is 3. The van der Waals surface area contributed by atoms with E-state index in [0.717, 1.165) is 17.7 Å². The van der Waals surface area contributed by atoms with Crippen molar-refractivity contribution in [3.8, 4) is 0 Å². The van der Waals surface area contributed by atoms with Crippen LogP contribution in [-0.2, 0) is 7.05 Å². The van der Waals surface area contributed by atoms with Crippen molar-refractivity contribution in [1.29, 1.82) is 0 Å². The number of nitrogens with zero attached hydrogens (tertiary/aromatic N) is 5. The van der Waals surface area contributed by atoms with Crippen molar-refractivity contribution in [3.05, 3.63) is 29.9 Å². The molecule has 9 heteroatoms. The number of aromatic nitrogens is 4. The molecule has 4 rings (SSSR count). The topological polar surface area (TPSA) is 77.1 Å². The van der Waals surface area contributed by atoms with Crippen LogP contribution in [0.5, 0.6) is 0 Å². The summed E-state index contributed by atoms with van der Waals surface area (Å²) >= 11 is 0. The second kappa shape index (κ2) is 4.84. The van der Waals surface area contributed by atoms with Crippen LogP contribution in [0, 0.1) is 0 Å².